The number of rotatable bonds is 2. The topological polar surface area (TPSA) is 48.9 Å². The van der Waals surface area contributed by atoms with Crippen LogP contribution in [0.4, 0.5) is 11.4 Å². The third kappa shape index (κ3) is 3.17. The molecule has 0 saturated carbocycles. The molecule has 0 radical (unpaired) electrons. The van der Waals surface area contributed by atoms with Crippen molar-refractivity contribution in [2.45, 2.75) is 13.0 Å². The van der Waals surface area contributed by atoms with Gasteiger partial charge in [-0.25, -0.2) is 0 Å². The molecule has 1 aromatic rings. The first-order chi connectivity index (χ1) is 9.26. The van der Waals surface area contributed by atoms with E-state index in [1.807, 2.05) is 13.1 Å². The Bertz CT molecular complexity index is 447. The summed E-state index contributed by atoms with van der Waals surface area (Å²) in [6, 6.07) is 8.67. The van der Waals surface area contributed by atoms with Crippen LogP contribution in [0.1, 0.15) is 6.92 Å². The molecule has 1 saturated heterocycles. The number of hydrogen-bond donors (Lipinski definition) is 2. The van der Waals surface area contributed by atoms with E-state index in [-0.39, 0.29) is 0 Å². The Labute approximate surface area is 114 Å². The summed E-state index contributed by atoms with van der Waals surface area (Å²) in [5, 5.41) is 6.36. The van der Waals surface area contributed by atoms with Gasteiger partial charge in [0, 0.05) is 26.7 Å². The third-order valence-corrected chi connectivity index (χ3v) is 3.29. The van der Waals surface area contributed by atoms with Crippen molar-refractivity contribution in [2.75, 3.05) is 44.1 Å². The lowest BCUT2D eigenvalue weighted by atomic mass is 10.2. The molecule has 0 aromatic heterocycles. The first kappa shape index (κ1) is 13.7. The van der Waals surface area contributed by atoms with E-state index in [0.717, 1.165) is 31.4 Å². The number of aliphatic imine (C=N–C) groups is 1. The van der Waals surface area contributed by atoms with Crippen LogP contribution in [0.2, 0.25) is 0 Å². The van der Waals surface area contributed by atoms with Crippen molar-refractivity contribution in [1.82, 2.24) is 5.32 Å². The van der Waals surface area contributed by atoms with Gasteiger partial charge in [0.25, 0.3) is 0 Å². The van der Waals surface area contributed by atoms with Crippen LogP contribution in [0.3, 0.4) is 0 Å². The number of morpholine rings is 1. The fraction of sp³-hybridized carbons (Fsp3) is 0.500. The molecule has 1 atom stereocenters. The van der Waals surface area contributed by atoms with E-state index in [9.17, 15) is 0 Å². The Morgan fingerprint density at radius 3 is 2.89 bits per heavy atom. The Balaban J connectivity index is 2.25. The van der Waals surface area contributed by atoms with Crippen LogP contribution in [0.15, 0.2) is 29.3 Å². The minimum atomic E-state index is 0.383. The predicted molar refractivity (Wildman–Crippen MR) is 80.1 cm³/mol. The molecule has 0 spiro atoms. The van der Waals surface area contributed by atoms with Gasteiger partial charge in [0.15, 0.2) is 5.96 Å². The number of nitrogens with one attached hydrogen (secondary N) is 2. The van der Waals surface area contributed by atoms with Crippen LogP contribution >= 0.6 is 0 Å². The molecule has 2 rings (SSSR count). The van der Waals surface area contributed by atoms with Gasteiger partial charge in [-0.05, 0) is 19.1 Å². The number of ether oxygens (including phenoxy) is 1. The molecule has 104 valence electrons. The van der Waals surface area contributed by atoms with Crippen LogP contribution in [0, 0.1) is 0 Å². The summed E-state index contributed by atoms with van der Waals surface area (Å²) in [5.74, 6) is 0.758. The number of guanidine groups is 1. The lowest BCUT2D eigenvalue weighted by Crippen LogP contribution is -2.44. The standard InChI is InChI=1S/C14H22N4O/c1-11-10-19-9-8-18(11)13-7-5-4-6-12(13)17-14(15-2)16-3/h4-7,11H,8-10H2,1-3H3,(H2,15,16,17). The van der Waals surface area contributed by atoms with E-state index >= 15 is 0 Å². The van der Waals surface area contributed by atoms with Gasteiger partial charge in [0.1, 0.15) is 0 Å². The van der Waals surface area contributed by atoms with Gasteiger partial charge in [-0.1, -0.05) is 12.1 Å². The molecule has 5 nitrogen and oxygen atoms in total. The zero-order valence-electron chi connectivity index (χ0n) is 11.8. The molecule has 1 heterocycles. The highest BCUT2D eigenvalue weighted by atomic mass is 16.5. The molecule has 1 aromatic carbocycles. The van der Waals surface area contributed by atoms with Crippen LogP contribution in [0.25, 0.3) is 0 Å². The summed E-state index contributed by atoms with van der Waals surface area (Å²) >= 11 is 0. The van der Waals surface area contributed by atoms with Crippen LogP contribution in [0.5, 0.6) is 0 Å². The molecule has 2 N–H and O–H groups in total. The monoisotopic (exact) mass is 262 g/mol. The van der Waals surface area contributed by atoms with Gasteiger partial charge in [-0.3, -0.25) is 4.99 Å². The summed E-state index contributed by atoms with van der Waals surface area (Å²) in [4.78, 5) is 6.53. The average molecular weight is 262 g/mol. The van der Waals surface area contributed by atoms with Gasteiger partial charge < -0.3 is 20.3 Å². The third-order valence-electron chi connectivity index (χ3n) is 3.29. The Morgan fingerprint density at radius 2 is 2.21 bits per heavy atom. The van der Waals surface area contributed by atoms with Crippen molar-refractivity contribution >= 4 is 17.3 Å². The van der Waals surface area contributed by atoms with E-state index in [0.29, 0.717) is 6.04 Å². The van der Waals surface area contributed by atoms with E-state index in [2.05, 4.69) is 45.6 Å². The molecule has 0 amide bonds. The number of benzene rings is 1. The minimum absolute atomic E-state index is 0.383. The zero-order valence-corrected chi connectivity index (χ0v) is 11.8. The second-order valence-electron chi connectivity index (χ2n) is 4.58. The lowest BCUT2D eigenvalue weighted by molar-refractivity contribution is 0.0990. The number of para-hydroxylation sites is 2. The molecule has 19 heavy (non-hydrogen) atoms. The normalized spacial score (nSPS) is 20.3. The second-order valence-corrected chi connectivity index (χ2v) is 4.58. The summed E-state index contributed by atoms with van der Waals surface area (Å²) < 4.78 is 5.50. The van der Waals surface area contributed by atoms with Crippen LogP contribution in [-0.2, 0) is 4.74 Å². The molecule has 0 aliphatic carbocycles. The highest BCUT2D eigenvalue weighted by Crippen LogP contribution is 2.28. The van der Waals surface area contributed by atoms with E-state index in [1.165, 1.54) is 5.69 Å². The fourth-order valence-corrected chi connectivity index (χ4v) is 2.27. The summed E-state index contributed by atoms with van der Waals surface area (Å²) in [7, 11) is 3.62. The van der Waals surface area contributed by atoms with E-state index in [1.54, 1.807) is 7.05 Å². The van der Waals surface area contributed by atoms with Gasteiger partial charge >= 0.3 is 0 Å². The smallest absolute Gasteiger partial charge is 0.195 e. The van der Waals surface area contributed by atoms with Crippen molar-refractivity contribution < 1.29 is 4.74 Å². The summed E-state index contributed by atoms with van der Waals surface area (Å²) in [6.45, 7) is 4.65. The first-order valence-corrected chi connectivity index (χ1v) is 6.61. The maximum atomic E-state index is 5.50. The van der Waals surface area contributed by atoms with Crippen LogP contribution in [-0.4, -0.2) is 45.9 Å². The first-order valence-electron chi connectivity index (χ1n) is 6.61. The molecule has 0 bridgehead atoms. The number of nitrogens with zero attached hydrogens (tertiary/aromatic N) is 2. The quantitative estimate of drug-likeness (QED) is 0.627. The molecular formula is C14H22N4O. The zero-order chi connectivity index (χ0) is 13.7. The van der Waals surface area contributed by atoms with Crippen molar-refractivity contribution in [2.24, 2.45) is 4.99 Å². The number of anilines is 2. The van der Waals surface area contributed by atoms with E-state index < -0.39 is 0 Å². The lowest BCUT2D eigenvalue weighted by Gasteiger charge is -2.36. The summed E-state index contributed by atoms with van der Waals surface area (Å²) in [5.41, 5.74) is 2.25. The van der Waals surface area contributed by atoms with E-state index in [4.69, 9.17) is 4.74 Å². The Morgan fingerprint density at radius 1 is 1.42 bits per heavy atom. The number of hydrogen-bond acceptors (Lipinski definition) is 3. The second kappa shape index (κ2) is 6.43. The van der Waals surface area contributed by atoms with Gasteiger partial charge in [-0.15, -0.1) is 0 Å². The molecule has 1 aliphatic heterocycles. The van der Waals surface area contributed by atoms with Gasteiger partial charge in [-0.2, -0.15) is 0 Å². The van der Waals surface area contributed by atoms with Gasteiger partial charge in [0.2, 0.25) is 0 Å². The fourth-order valence-electron chi connectivity index (χ4n) is 2.27. The molecule has 5 heteroatoms. The predicted octanol–water partition coefficient (Wildman–Crippen LogP) is 1.53. The average Bonchev–Trinajstić information content (AvgIpc) is 2.46. The maximum absolute atomic E-state index is 5.50. The van der Waals surface area contributed by atoms with Gasteiger partial charge in [0.05, 0.1) is 24.6 Å². The molecule has 1 unspecified atom stereocenters. The van der Waals surface area contributed by atoms with Crippen LogP contribution < -0.4 is 15.5 Å². The molecule has 1 fully saturated rings. The minimum Gasteiger partial charge on any atom is -0.377 e. The van der Waals surface area contributed by atoms with Crippen molar-refractivity contribution in [3.63, 3.8) is 0 Å². The summed E-state index contributed by atoms with van der Waals surface area (Å²) in [6.07, 6.45) is 0. The van der Waals surface area contributed by atoms with Crippen molar-refractivity contribution in [1.29, 1.82) is 0 Å². The highest BCUT2D eigenvalue weighted by Gasteiger charge is 2.21. The Kier molecular flexibility index (Phi) is 4.63. The molecular weight excluding hydrogens is 240 g/mol. The largest absolute Gasteiger partial charge is 0.377 e. The maximum Gasteiger partial charge on any atom is 0.195 e. The Hall–Kier alpha value is -1.75. The van der Waals surface area contributed by atoms with Crippen molar-refractivity contribution in [3.05, 3.63) is 24.3 Å². The molecule has 1 aliphatic rings. The van der Waals surface area contributed by atoms with Crippen molar-refractivity contribution in [3.8, 4) is 0 Å². The SMILES string of the molecule is CN=C(NC)Nc1ccccc1N1CCOCC1C. The highest BCUT2D eigenvalue weighted by molar-refractivity contribution is 5.96.